The fourth-order valence-corrected chi connectivity index (χ4v) is 3.92. The van der Waals surface area contributed by atoms with E-state index >= 15 is 0 Å². The molecule has 2 saturated heterocycles. The van der Waals surface area contributed by atoms with Gasteiger partial charge in [-0.25, -0.2) is 0 Å². The molecule has 1 saturated carbocycles. The van der Waals surface area contributed by atoms with E-state index in [0.717, 1.165) is 50.5 Å². The fraction of sp³-hybridized carbons (Fsp3) is 0.824. The molecule has 0 bridgehead atoms. The predicted molar refractivity (Wildman–Crippen MR) is 84.8 cm³/mol. The van der Waals surface area contributed by atoms with E-state index in [4.69, 9.17) is 4.52 Å². The highest BCUT2D eigenvalue weighted by atomic mass is 16.5. The van der Waals surface area contributed by atoms with Crippen LogP contribution in [0.2, 0.25) is 0 Å². The smallest absolute Gasteiger partial charge is 0.237 e. The monoisotopic (exact) mass is 318 g/mol. The van der Waals surface area contributed by atoms with Crippen molar-refractivity contribution in [3.63, 3.8) is 0 Å². The van der Waals surface area contributed by atoms with Crippen LogP contribution in [0.1, 0.15) is 75.5 Å². The van der Waals surface area contributed by atoms with Crippen LogP contribution in [-0.4, -0.2) is 51.5 Å². The van der Waals surface area contributed by atoms with Gasteiger partial charge in [-0.3, -0.25) is 9.69 Å². The first-order chi connectivity index (χ1) is 11.2. The second-order valence-electron chi connectivity index (χ2n) is 7.33. The zero-order valence-electron chi connectivity index (χ0n) is 13.9. The van der Waals surface area contributed by atoms with Crippen LogP contribution in [0.3, 0.4) is 0 Å². The Balaban J connectivity index is 1.41. The third kappa shape index (κ3) is 3.13. The highest BCUT2D eigenvalue weighted by Crippen LogP contribution is 2.40. The first-order valence-corrected chi connectivity index (χ1v) is 9.09. The summed E-state index contributed by atoms with van der Waals surface area (Å²) >= 11 is 0. The van der Waals surface area contributed by atoms with Crippen molar-refractivity contribution in [2.75, 3.05) is 19.6 Å². The lowest BCUT2D eigenvalue weighted by atomic mass is 10.0. The molecule has 1 aliphatic carbocycles. The Hall–Kier alpha value is -1.43. The molecule has 3 aliphatic rings. The molecule has 126 valence electrons. The largest absolute Gasteiger partial charge is 0.339 e. The van der Waals surface area contributed by atoms with E-state index in [1.54, 1.807) is 0 Å². The number of amides is 1. The van der Waals surface area contributed by atoms with Gasteiger partial charge < -0.3 is 9.42 Å². The molecule has 1 aromatic heterocycles. The highest BCUT2D eigenvalue weighted by Gasteiger charge is 2.35. The minimum Gasteiger partial charge on any atom is -0.339 e. The van der Waals surface area contributed by atoms with Crippen LogP contribution in [0.15, 0.2) is 4.52 Å². The van der Waals surface area contributed by atoms with Crippen molar-refractivity contribution in [2.24, 2.45) is 0 Å². The van der Waals surface area contributed by atoms with E-state index < -0.39 is 0 Å². The van der Waals surface area contributed by atoms with Gasteiger partial charge in [0.15, 0.2) is 5.82 Å². The molecule has 0 N–H and O–H groups in total. The van der Waals surface area contributed by atoms with Crippen molar-refractivity contribution < 1.29 is 9.32 Å². The molecule has 3 heterocycles. The molecular formula is C17H26N4O2. The third-order valence-electron chi connectivity index (χ3n) is 5.51. The van der Waals surface area contributed by atoms with Crippen LogP contribution in [0.4, 0.5) is 0 Å². The average molecular weight is 318 g/mol. The molecule has 6 nitrogen and oxygen atoms in total. The summed E-state index contributed by atoms with van der Waals surface area (Å²) in [6, 6.07) is 0.527. The van der Waals surface area contributed by atoms with Gasteiger partial charge in [-0.15, -0.1) is 0 Å². The summed E-state index contributed by atoms with van der Waals surface area (Å²) in [4.78, 5) is 21.6. The van der Waals surface area contributed by atoms with Crippen LogP contribution in [-0.2, 0) is 4.79 Å². The molecule has 1 amide bonds. The molecule has 4 rings (SSSR count). The van der Waals surface area contributed by atoms with Gasteiger partial charge in [0.2, 0.25) is 11.8 Å². The van der Waals surface area contributed by atoms with Crippen molar-refractivity contribution >= 4 is 5.91 Å². The molecule has 0 unspecified atom stereocenters. The normalized spacial score (nSPS) is 29.2. The topological polar surface area (TPSA) is 62.5 Å². The minimum atomic E-state index is 0.148. The zero-order valence-corrected chi connectivity index (χ0v) is 13.9. The van der Waals surface area contributed by atoms with Crippen molar-refractivity contribution in [2.45, 2.75) is 69.9 Å². The number of carbonyl (C=O) groups excluding carboxylic acids is 1. The van der Waals surface area contributed by atoms with Crippen molar-refractivity contribution in [1.29, 1.82) is 0 Å². The SMILES string of the molecule is C[C@@H]1CCCCN1C(=O)CN1CCC[C@H]1c1noc(C2CC2)n1. The average Bonchev–Trinajstić information content (AvgIpc) is 3.10. The summed E-state index contributed by atoms with van der Waals surface area (Å²) in [5, 5.41) is 4.19. The first kappa shape index (κ1) is 15.1. The second kappa shape index (κ2) is 6.23. The summed E-state index contributed by atoms with van der Waals surface area (Å²) in [5.74, 6) is 2.32. The van der Waals surface area contributed by atoms with Gasteiger partial charge in [0, 0.05) is 18.5 Å². The first-order valence-electron chi connectivity index (χ1n) is 9.09. The Morgan fingerprint density at radius 1 is 1.17 bits per heavy atom. The van der Waals surface area contributed by atoms with Gasteiger partial charge in [-0.05, 0) is 58.4 Å². The second-order valence-corrected chi connectivity index (χ2v) is 7.33. The Morgan fingerprint density at radius 3 is 2.83 bits per heavy atom. The van der Waals surface area contributed by atoms with Gasteiger partial charge in [0.25, 0.3) is 0 Å². The summed E-state index contributed by atoms with van der Waals surface area (Å²) in [6.45, 7) is 4.51. The number of aromatic nitrogens is 2. The van der Waals surface area contributed by atoms with Gasteiger partial charge >= 0.3 is 0 Å². The lowest BCUT2D eigenvalue weighted by Crippen LogP contribution is -2.46. The molecule has 0 radical (unpaired) electrons. The van der Waals surface area contributed by atoms with Gasteiger partial charge in [0.05, 0.1) is 12.6 Å². The zero-order chi connectivity index (χ0) is 15.8. The lowest BCUT2D eigenvalue weighted by Gasteiger charge is -2.35. The standard InChI is InChI=1S/C17H26N4O2/c1-12-5-2-3-10-21(12)15(22)11-20-9-4-6-14(20)16-18-17(23-19-16)13-7-8-13/h12-14H,2-11H2,1H3/t12-,14+/m1/s1. The number of carbonyl (C=O) groups is 1. The van der Waals surface area contributed by atoms with E-state index in [0.29, 0.717) is 18.5 Å². The Morgan fingerprint density at radius 2 is 2.04 bits per heavy atom. The maximum atomic E-state index is 12.7. The summed E-state index contributed by atoms with van der Waals surface area (Å²) in [5.41, 5.74) is 0. The lowest BCUT2D eigenvalue weighted by molar-refractivity contribution is -0.135. The highest BCUT2D eigenvalue weighted by molar-refractivity contribution is 5.78. The van der Waals surface area contributed by atoms with Crippen molar-refractivity contribution in [3.05, 3.63) is 11.7 Å². The summed E-state index contributed by atoms with van der Waals surface area (Å²) < 4.78 is 5.40. The number of hydrogen-bond donors (Lipinski definition) is 0. The number of likely N-dealkylation sites (tertiary alicyclic amines) is 2. The van der Waals surface area contributed by atoms with Gasteiger partial charge in [-0.2, -0.15) is 4.98 Å². The quantitative estimate of drug-likeness (QED) is 0.853. The number of hydrogen-bond acceptors (Lipinski definition) is 5. The Bertz CT molecular complexity index is 569. The minimum absolute atomic E-state index is 0.148. The molecule has 0 aromatic carbocycles. The van der Waals surface area contributed by atoms with Crippen LogP contribution >= 0.6 is 0 Å². The van der Waals surface area contributed by atoms with E-state index in [2.05, 4.69) is 26.9 Å². The van der Waals surface area contributed by atoms with Gasteiger partial charge in [0.1, 0.15) is 0 Å². The van der Waals surface area contributed by atoms with E-state index in [1.807, 2.05) is 0 Å². The van der Waals surface area contributed by atoms with Crippen LogP contribution < -0.4 is 0 Å². The molecule has 2 aliphatic heterocycles. The Kier molecular flexibility index (Phi) is 4.09. The van der Waals surface area contributed by atoms with Crippen LogP contribution in [0, 0.1) is 0 Å². The molecule has 1 aromatic rings. The van der Waals surface area contributed by atoms with Crippen molar-refractivity contribution in [1.82, 2.24) is 19.9 Å². The number of nitrogens with zero attached hydrogens (tertiary/aromatic N) is 4. The van der Waals surface area contributed by atoms with Crippen LogP contribution in [0.25, 0.3) is 0 Å². The number of piperidine rings is 1. The van der Waals surface area contributed by atoms with Crippen LogP contribution in [0.5, 0.6) is 0 Å². The predicted octanol–water partition coefficient (Wildman–Crippen LogP) is 2.48. The molecule has 0 spiro atoms. The van der Waals surface area contributed by atoms with E-state index in [9.17, 15) is 4.79 Å². The Labute approximate surface area is 137 Å². The molecular weight excluding hydrogens is 292 g/mol. The molecule has 3 fully saturated rings. The molecule has 6 heteroatoms. The number of rotatable bonds is 4. The van der Waals surface area contributed by atoms with E-state index in [-0.39, 0.29) is 11.9 Å². The molecule has 2 atom stereocenters. The van der Waals surface area contributed by atoms with E-state index in [1.165, 1.54) is 19.3 Å². The van der Waals surface area contributed by atoms with Gasteiger partial charge in [-0.1, -0.05) is 5.16 Å². The third-order valence-corrected chi connectivity index (χ3v) is 5.51. The summed E-state index contributed by atoms with van der Waals surface area (Å²) in [6.07, 6.45) is 7.96. The maximum Gasteiger partial charge on any atom is 0.237 e. The summed E-state index contributed by atoms with van der Waals surface area (Å²) in [7, 11) is 0. The van der Waals surface area contributed by atoms with Crippen molar-refractivity contribution in [3.8, 4) is 0 Å². The molecule has 23 heavy (non-hydrogen) atoms. The fourth-order valence-electron chi connectivity index (χ4n) is 3.92. The maximum absolute atomic E-state index is 12.7.